The molecule has 4 aromatic heterocycles. The molecule has 8 heteroatoms. The predicted molar refractivity (Wildman–Crippen MR) is 243 cm³/mol. The molecule has 8 aromatic carbocycles. The Kier molecular flexibility index (Phi) is 7.49. The molecule has 0 aliphatic heterocycles. The summed E-state index contributed by atoms with van der Waals surface area (Å²) >= 11 is 0. The number of hydrogen-bond donors (Lipinski definition) is 0. The van der Waals surface area contributed by atoms with Crippen LogP contribution in [0.4, 0.5) is 5.69 Å². The van der Waals surface area contributed by atoms with Crippen LogP contribution in [0.3, 0.4) is 0 Å². The Morgan fingerprint density at radius 3 is 1.66 bits per heavy atom. The molecule has 0 saturated carbocycles. The van der Waals surface area contributed by atoms with Gasteiger partial charge in [0.15, 0.2) is 23.2 Å². The average molecular weight is 780 g/mol. The van der Waals surface area contributed by atoms with Crippen molar-refractivity contribution >= 4 is 71.2 Å². The van der Waals surface area contributed by atoms with Gasteiger partial charge < -0.3 is 13.6 Å². The van der Waals surface area contributed by atoms with Gasteiger partial charge in [0.1, 0.15) is 11.2 Å². The van der Waals surface area contributed by atoms with Gasteiger partial charge in [0.25, 0.3) is 0 Å². The van der Waals surface area contributed by atoms with Crippen LogP contribution < -0.4 is 0 Å². The van der Waals surface area contributed by atoms with E-state index in [2.05, 4.69) is 92.8 Å². The second kappa shape index (κ2) is 13.4. The molecule has 4 heterocycles. The van der Waals surface area contributed by atoms with Gasteiger partial charge in [0, 0.05) is 55.1 Å². The van der Waals surface area contributed by atoms with Crippen molar-refractivity contribution in [3.8, 4) is 51.6 Å². The Hall–Kier alpha value is -8.85. The highest BCUT2D eigenvalue weighted by Crippen LogP contribution is 2.42. The summed E-state index contributed by atoms with van der Waals surface area (Å²) in [6.45, 7) is 8.11. The van der Waals surface area contributed by atoms with E-state index in [1.807, 2.05) is 103 Å². The molecule has 0 aliphatic rings. The van der Waals surface area contributed by atoms with Gasteiger partial charge in [-0.2, -0.15) is 5.26 Å². The highest BCUT2D eigenvalue weighted by atomic mass is 16.3. The molecule has 0 radical (unpaired) electrons. The number of nitriles is 1. The molecule has 0 bridgehead atoms. The van der Waals surface area contributed by atoms with Crippen molar-refractivity contribution in [3.63, 3.8) is 0 Å². The lowest BCUT2D eigenvalue weighted by Crippen LogP contribution is -2.05. The van der Waals surface area contributed by atoms with Crippen molar-refractivity contribution in [1.29, 1.82) is 5.26 Å². The van der Waals surface area contributed by atoms with E-state index in [0.29, 0.717) is 39.9 Å². The maximum absolute atomic E-state index is 10.3. The number of hydrogen-bond acceptors (Lipinski definition) is 5. The predicted octanol–water partition coefficient (Wildman–Crippen LogP) is 13.4. The molecule has 8 nitrogen and oxygen atoms in total. The number of rotatable bonds is 5. The molecule has 0 aliphatic carbocycles. The van der Waals surface area contributed by atoms with E-state index in [4.69, 9.17) is 25.9 Å². The van der Waals surface area contributed by atoms with Crippen molar-refractivity contribution in [2.75, 3.05) is 0 Å². The lowest BCUT2D eigenvalue weighted by Gasteiger charge is -2.17. The van der Waals surface area contributed by atoms with Gasteiger partial charge in [-0.05, 0) is 60.7 Å². The van der Waals surface area contributed by atoms with E-state index in [1.54, 1.807) is 0 Å². The molecular weight excluding hydrogens is 751 g/mol. The fourth-order valence-electron chi connectivity index (χ4n) is 8.91. The number of fused-ring (bicyclic) bond motifs is 9. The Morgan fingerprint density at radius 1 is 0.459 bits per heavy atom. The summed E-state index contributed by atoms with van der Waals surface area (Å²) in [6.07, 6.45) is 0. The molecule has 0 spiro atoms. The molecule has 0 atom stereocenters. The van der Waals surface area contributed by atoms with Gasteiger partial charge in [-0.1, -0.05) is 109 Å². The van der Waals surface area contributed by atoms with E-state index in [-0.39, 0.29) is 0 Å². The molecule has 0 N–H and O–H groups in total. The molecule has 0 fully saturated rings. The van der Waals surface area contributed by atoms with Gasteiger partial charge in [0.05, 0.1) is 51.6 Å². The Labute approximate surface area is 348 Å². The fraction of sp³-hybridized carbons (Fsp3) is 0. The number of para-hydroxylation sites is 4. The zero-order chi connectivity index (χ0) is 40.6. The van der Waals surface area contributed by atoms with Crippen LogP contribution in [0.2, 0.25) is 0 Å². The lowest BCUT2D eigenvalue weighted by atomic mass is 10.1. The van der Waals surface area contributed by atoms with Crippen molar-refractivity contribution in [1.82, 2.24) is 24.1 Å². The highest BCUT2D eigenvalue weighted by molar-refractivity contribution is 6.17. The number of furan rings is 1. The van der Waals surface area contributed by atoms with Crippen LogP contribution in [-0.4, -0.2) is 24.1 Å². The minimum Gasteiger partial charge on any atom is -0.456 e. The zero-order valence-corrected chi connectivity index (χ0v) is 32.3. The van der Waals surface area contributed by atoms with Crippen molar-refractivity contribution < 1.29 is 4.42 Å². The first kappa shape index (κ1) is 34.2. The van der Waals surface area contributed by atoms with E-state index >= 15 is 0 Å². The third kappa shape index (κ3) is 5.27. The molecule has 12 rings (SSSR count). The summed E-state index contributed by atoms with van der Waals surface area (Å²) in [5.41, 5.74) is 10.2. The standard InChI is InChI=1S/C53H29N7O/c1-55-34-24-26-47(60-45-21-11-7-17-37(45)39-29-40-38-18-8-12-22-49(38)61-50(40)30-48(39)60)42(28-34)53-57-51(33-13-3-2-4-14-33)56-52(58-53)41-27-32(31-54)23-25-46(41)59-43-19-9-5-15-35(43)36-16-6-10-20-44(36)59/h2-30H. The highest BCUT2D eigenvalue weighted by Gasteiger charge is 2.23. The van der Waals surface area contributed by atoms with Crippen LogP contribution in [-0.2, 0) is 0 Å². The quantitative estimate of drug-likeness (QED) is 0.162. The number of nitrogens with zero attached hydrogens (tertiary/aromatic N) is 7. The van der Waals surface area contributed by atoms with Crippen LogP contribution >= 0.6 is 0 Å². The van der Waals surface area contributed by atoms with Gasteiger partial charge >= 0.3 is 0 Å². The van der Waals surface area contributed by atoms with Gasteiger partial charge in [-0.3, -0.25) is 0 Å². The summed E-state index contributed by atoms with van der Waals surface area (Å²) in [4.78, 5) is 19.5. The summed E-state index contributed by atoms with van der Waals surface area (Å²) in [6, 6.07) is 60.9. The van der Waals surface area contributed by atoms with Crippen LogP contribution in [0.1, 0.15) is 5.56 Å². The Balaban J connectivity index is 1.16. The first-order valence-corrected chi connectivity index (χ1v) is 19.9. The first-order chi connectivity index (χ1) is 30.1. The summed E-state index contributed by atoms with van der Waals surface area (Å²) in [5, 5.41) is 16.7. The lowest BCUT2D eigenvalue weighted by molar-refractivity contribution is 0.669. The molecule has 0 unspecified atom stereocenters. The third-order valence-electron chi connectivity index (χ3n) is 11.6. The van der Waals surface area contributed by atoms with Crippen LogP contribution in [0.25, 0.3) is 116 Å². The molecule has 282 valence electrons. The van der Waals surface area contributed by atoms with Crippen LogP contribution in [0.15, 0.2) is 180 Å². The minimum absolute atomic E-state index is 0.385. The second-order valence-corrected chi connectivity index (χ2v) is 15.0. The topological polar surface area (TPSA) is 89.8 Å². The van der Waals surface area contributed by atoms with Crippen LogP contribution in [0, 0.1) is 17.9 Å². The number of benzene rings is 8. The van der Waals surface area contributed by atoms with Gasteiger partial charge in [-0.25, -0.2) is 19.8 Å². The maximum Gasteiger partial charge on any atom is 0.188 e. The monoisotopic (exact) mass is 779 g/mol. The van der Waals surface area contributed by atoms with Crippen molar-refractivity contribution in [2.24, 2.45) is 0 Å². The zero-order valence-electron chi connectivity index (χ0n) is 32.3. The summed E-state index contributed by atoms with van der Waals surface area (Å²) in [5.74, 6) is 1.24. The van der Waals surface area contributed by atoms with Gasteiger partial charge in [0.2, 0.25) is 0 Å². The van der Waals surface area contributed by atoms with Crippen LogP contribution in [0.5, 0.6) is 0 Å². The normalized spacial score (nSPS) is 11.6. The van der Waals surface area contributed by atoms with Crippen molar-refractivity contribution in [2.45, 2.75) is 0 Å². The summed E-state index contributed by atoms with van der Waals surface area (Å²) < 4.78 is 10.9. The van der Waals surface area contributed by atoms with E-state index in [0.717, 1.165) is 82.5 Å². The Morgan fingerprint density at radius 2 is 1.00 bits per heavy atom. The first-order valence-electron chi connectivity index (χ1n) is 19.9. The molecule has 0 saturated heterocycles. The molecule has 61 heavy (non-hydrogen) atoms. The van der Waals surface area contributed by atoms with E-state index < -0.39 is 0 Å². The SMILES string of the molecule is [C-]#[N+]c1ccc(-n2c3ccccc3c3cc4c(cc32)oc2ccccc24)c(-c2nc(-c3ccccc3)nc(-c3cc(C#N)ccc3-n3c4ccccc4c4ccccc43)n2)c1. The second-order valence-electron chi connectivity index (χ2n) is 15.0. The smallest absolute Gasteiger partial charge is 0.188 e. The fourth-order valence-corrected chi connectivity index (χ4v) is 8.91. The van der Waals surface area contributed by atoms with E-state index in [9.17, 15) is 5.26 Å². The Bertz CT molecular complexity index is 3810. The molecule has 0 amide bonds. The minimum atomic E-state index is 0.385. The van der Waals surface area contributed by atoms with Crippen molar-refractivity contribution in [3.05, 3.63) is 193 Å². The summed E-state index contributed by atoms with van der Waals surface area (Å²) in [7, 11) is 0. The maximum atomic E-state index is 10.3. The molecule has 12 aromatic rings. The average Bonchev–Trinajstić information content (AvgIpc) is 3.97. The largest absolute Gasteiger partial charge is 0.456 e. The third-order valence-corrected chi connectivity index (χ3v) is 11.6. The van der Waals surface area contributed by atoms with Gasteiger partial charge in [-0.15, -0.1) is 0 Å². The molecular formula is C53H29N7O. The van der Waals surface area contributed by atoms with E-state index in [1.165, 1.54) is 0 Å². The number of aromatic nitrogens is 5.